The molecular weight excluding hydrogens is 308 g/mol. The number of amides is 2. The maximum Gasteiger partial charge on any atom is 0.366 e. The van der Waals surface area contributed by atoms with Crippen LogP contribution < -0.4 is 15.0 Å². The lowest BCUT2D eigenvalue weighted by Crippen LogP contribution is -2.49. The molecule has 23 heavy (non-hydrogen) atoms. The lowest BCUT2D eigenvalue weighted by Gasteiger charge is -2.28. The predicted molar refractivity (Wildman–Crippen MR) is 78.2 cm³/mol. The molecule has 1 N–H and O–H groups in total. The Kier molecular flexibility index (Phi) is 5.06. The highest BCUT2D eigenvalue weighted by molar-refractivity contribution is 6.02. The summed E-state index contributed by atoms with van der Waals surface area (Å²) in [6, 6.07) is 2.54. The molecule has 0 aliphatic carbocycles. The number of aromatic nitrogens is 1. The summed E-state index contributed by atoms with van der Waals surface area (Å²) in [6.07, 6.45) is -0.808. The van der Waals surface area contributed by atoms with Crippen LogP contribution in [0.5, 0.6) is 5.75 Å². The number of hydrogen-bond acceptors (Lipinski definition) is 7. The molecule has 0 aromatic carbocycles. The van der Waals surface area contributed by atoms with Gasteiger partial charge in [0.05, 0.1) is 6.61 Å². The van der Waals surface area contributed by atoms with E-state index in [1.165, 1.54) is 26.2 Å². The summed E-state index contributed by atoms with van der Waals surface area (Å²) < 4.78 is 10.2. The lowest BCUT2D eigenvalue weighted by atomic mass is 10.2. The molecular formula is C13H16N4O6. The zero-order valence-electron chi connectivity index (χ0n) is 12.6. The number of rotatable bonds is 6. The molecule has 1 aromatic rings. The average Bonchev–Trinajstić information content (AvgIpc) is 2.51. The number of anilines is 1. The van der Waals surface area contributed by atoms with Gasteiger partial charge >= 0.3 is 5.82 Å². The molecule has 10 heteroatoms. The number of nitrogens with one attached hydrogen (secondary N) is 1. The van der Waals surface area contributed by atoms with E-state index in [9.17, 15) is 19.7 Å². The number of nitro groups is 1. The molecule has 0 saturated heterocycles. The minimum Gasteiger partial charge on any atom is -0.475 e. The first-order valence-corrected chi connectivity index (χ1v) is 6.83. The van der Waals surface area contributed by atoms with Gasteiger partial charge in [0, 0.05) is 19.7 Å². The van der Waals surface area contributed by atoms with Gasteiger partial charge < -0.3 is 24.9 Å². The fourth-order valence-corrected chi connectivity index (χ4v) is 2.02. The summed E-state index contributed by atoms with van der Waals surface area (Å²) >= 11 is 0. The Morgan fingerprint density at radius 2 is 2.30 bits per heavy atom. The first kappa shape index (κ1) is 16.6. The van der Waals surface area contributed by atoms with Gasteiger partial charge in [0.1, 0.15) is 6.54 Å². The van der Waals surface area contributed by atoms with E-state index < -0.39 is 28.7 Å². The summed E-state index contributed by atoms with van der Waals surface area (Å²) in [5.41, 5.74) is 0. The van der Waals surface area contributed by atoms with E-state index in [0.717, 1.165) is 4.90 Å². The molecule has 1 aliphatic heterocycles. The van der Waals surface area contributed by atoms with Crippen molar-refractivity contribution in [2.75, 3.05) is 31.7 Å². The van der Waals surface area contributed by atoms with E-state index in [2.05, 4.69) is 10.3 Å². The Morgan fingerprint density at radius 3 is 2.96 bits per heavy atom. The molecule has 0 bridgehead atoms. The van der Waals surface area contributed by atoms with E-state index in [-0.39, 0.29) is 18.1 Å². The quantitative estimate of drug-likeness (QED) is 0.439. The molecule has 124 valence electrons. The van der Waals surface area contributed by atoms with Crippen molar-refractivity contribution >= 4 is 23.5 Å². The predicted octanol–water partition coefficient (Wildman–Crippen LogP) is -0.134. The number of methoxy groups -OCH3 is 1. The number of carbonyl (C=O) groups excluding carboxylic acids is 2. The third kappa shape index (κ3) is 3.72. The Labute approximate surface area is 131 Å². The van der Waals surface area contributed by atoms with Crippen molar-refractivity contribution in [2.45, 2.75) is 13.0 Å². The molecule has 0 fully saturated rings. The van der Waals surface area contributed by atoms with Crippen LogP contribution in [0.25, 0.3) is 0 Å². The molecule has 10 nitrogen and oxygen atoms in total. The van der Waals surface area contributed by atoms with Crippen molar-refractivity contribution < 1.29 is 24.0 Å². The zero-order chi connectivity index (χ0) is 17.0. The van der Waals surface area contributed by atoms with Gasteiger partial charge in [0.15, 0.2) is 11.9 Å². The smallest absolute Gasteiger partial charge is 0.366 e. The minimum atomic E-state index is -0.808. The van der Waals surface area contributed by atoms with Crippen molar-refractivity contribution in [1.82, 2.24) is 10.3 Å². The SMILES string of the molecule is COCCNC(=O)CN1C(=O)C(C)Oc2ccc([N+](=O)[O-])nc21. The number of pyridine rings is 1. The van der Waals surface area contributed by atoms with Crippen molar-refractivity contribution in [1.29, 1.82) is 0 Å². The van der Waals surface area contributed by atoms with Gasteiger partial charge in [-0.1, -0.05) is 0 Å². The summed E-state index contributed by atoms with van der Waals surface area (Å²) in [7, 11) is 1.50. The van der Waals surface area contributed by atoms with Crippen LogP contribution in [0, 0.1) is 10.1 Å². The first-order valence-electron chi connectivity index (χ1n) is 6.83. The van der Waals surface area contributed by atoms with Crippen LogP contribution in [0.15, 0.2) is 12.1 Å². The molecule has 1 unspecified atom stereocenters. The van der Waals surface area contributed by atoms with Crippen molar-refractivity contribution in [3.05, 3.63) is 22.2 Å². The van der Waals surface area contributed by atoms with Gasteiger partial charge in [0.25, 0.3) is 11.7 Å². The molecule has 1 aliphatic rings. The van der Waals surface area contributed by atoms with Crippen molar-refractivity contribution in [3.63, 3.8) is 0 Å². The molecule has 1 aromatic heterocycles. The Bertz CT molecular complexity index is 635. The number of hydrogen-bond donors (Lipinski definition) is 1. The highest BCUT2D eigenvalue weighted by atomic mass is 16.6. The third-order valence-corrected chi connectivity index (χ3v) is 3.11. The maximum atomic E-state index is 12.2. The molecule has 0 saturated carbocycles. The second-order valence-corrected chi connectivity index (χ2v) is 4.78. The average molecular weight is 324 g/mol. The van der Waals surface area contributed by atoms with Crippen molar-refractivity contribution in [2.24, 2.45) is 0 Å². The first-order chi connectivity index (χ1) is 10.9. The fourth-order valence-electron chi connectivity index (χ4n) is 2.02. The minimum absolute atomic E-state index is 0.0378. The van der Waals surface area contributed by atoms with Crippen LogP contribution in [0.4, 0.5) is 11.6 Å². The summed E-state index contributed by atoms with van der Waals surface area (Å²) in [6.45, 7) is 1.85. The van der Waals surface area contributed by atoms with Crippen LogP contribution in [0.2, 0.25) is 0 Å². The molecule has 0 spiro atoms. The van der Waals surface area contributed by atoms with Crippen molar-refractivity contribution in [3.8, 4) is 5.75 Å². The maximum absolute atomic E-state index is 12.2. The summed E-state index contributed by atoms with van der Waals surface area (Å²) in [5.74, 6) is -1.17. The van der Waals surface area contributed by atoms with Crippen LogP contribution in [0.3, 0.4) is 0 Å². The number of fused-ring (bicyclic) bond motifs is 1. The van der Waals surface area contributed by atoms with Gasteiger partial charge in [0.2, 0.25) is 5.91 Å². The number of ether oxygens (including phenoxy) is 2. The van der Waals surface area contributed by atoms with E-state index >= 15 is 0 Å². The Hall–Kier alpha value is -2.75. The Morgan fingerprint density at radius 1 is 1.57 bits per heavy atom. The fraction of sp³-hybridized carbons (Fsp3) is 0.462. The number of carbonyl (C=O) groups is 2. The number of nitrogens with zero attached hydrogens (tertiary/aromatic N) is 3. The third-order valence-electron chi connectivity index (χ3n) is 3.11. The monoisotopic (exact) mass is 324 g/mol. The van der Waals surface area contributed by atoms with E-state index in [1.807, 2.05) is 0 Å². The van der Waals surface area contributed by atoms with Crippen LogP contribution in [-0.2, 0) is 14.3 Å². The molecule has 2 amide bonds. The second-order valence-electron chi connectivity index (χ2n) is 4.78. The largest absolute Gasteiger partial charge is 0.475 e. The molecule has 0 radical (unpaired) electrons. The highest BCUT2D eigenvalue weighted by Crippen LogP contribution is 2.33. The van der Waals surface area contributed by atoms with Crippen LogP contribution >= 0.6 is 0 Å². The van der Waals surface area contributed by atoms with E-state index in [1.54, 1.807) is 0 Å². The normalized spacial score (nSPS) is 16.5. The standard InChI is InChI=1S/C13H16N4O6/c1-8-13(19)16(7-11(18)14-5-6-22-2)12-9(23-8)3-4-10(15-12)17(20)21/h3-4,8H,5-7H2,1-2H3,(H,14,18). The van der Waals surface area contributed by atoms with E-state index in [0.29, 0.717) is 13.2 Å². The zero-order valence-corrected chi connectivity index (χ0v) is 12.6. The van der Waals surface area contributed by atoms with Crippen LogP contribution in [-0.4, -0.2) is 54.6 Å². The summed E-state index contributed by atoms with van der Waals surface area (Å²) in [4.78, 5) is 39.2. The van der Waals surface area contributed by atoms with Gasteiger partial charge in [-0.15, -0.1) is 0 Å². The summed E-state index contributed by atoms with van der Waals surface area (Å²) in [5, 5.41) is 13.4. The van der Waals surface area contributed by atoms with Gasteiger partial charge in [-0.25, -0.2) is 0 Å². The van der Waals surface area contributed by atoms with Crippen LogP contribution in [0.1, 0.15) is 6.92 Å². The lowest BCUT2D eigenvalue weighted by molar-refractivity contribution is -0.389. The van der Waals surface area contributed by atoms with Gasteiger partial charge in [-0.05, 0) is 22.9 Å². The van der Waals surface area contributed by atoms with Gasteiger partial charge in [-0.3, -0.25) is 14.5 Å². The topological polar surface area (TPSA) is 124 Å². The molecule has 1 atom stereocenters. The molecule has 2 rings (SSSR count). The van der Waals surface area contributed by atoms with E-state index in [4.69, 9.17) is 9.47 Å². The van der Waals surface area contributed by atoms with Gasteiger partial charge in [-0.2, -0.15) is 0 Å². The second kappa shape index (κ2) is 7.01. The molecule has 2 heterocycles. The highest BCUT2D eigenvalue weighted by Gasteiger charge is 2.37. The Balaban J connectivity index is 2.24.